The summed E-state index contributed by atoms with van der Waals surface area (Å²) in [5.41, 5.74) is 0.323. The van der Waals surface area contributed by atoms with Crippen LogP contribution in [0.4, 0.5) is 0 Å². The number of thiol groups is 1. The van der Waals surface area contributed by atoms with Crippen LogP contribution in [0.3, 0.4) is 0 Å². The molecule has 0 spiro atoms. The van der Waals surface area contributed by atoms with Crippen LogP contribution >= 0.6 is 12.6 Å². The van der Waals surface area contributed by atoms with Crippen molar-refractivity contribution in [3.63, 3.8) is 0 Å². The van der Waals surface area contributed by atoms with E-state index in [0.717, 1.165) is 18.2 Å². The van der Waals surface area contributed by atoms with E-state index in [4.69, 9.17) is 0 Å². The molecule has 0 bridgehead atoms. The zero-order valence-corrected chi connectivity index (χ0v) is 11.6. The summed E-state index contributed by atoms with van der Waals surface area (Å²) in [6.45, 7) is 12.6. The molecule has 0 aromatic carbocycles. The Labute approximate surface area is 95.7 Å². The van der Waals surface area contributed by atoms with Gasteiger partial charge in [-0.3, -0.25) is 0 Å². The van der Waals surface area contributed by atoms with Gasteiger partial charge in [-0.2, -0.15) is 12.6 Å². The highest BCUT2D eigenvalue weighted by Gasteiger charge is 2.21. The normalized spacial score (nSPS) is 15.2. The summed E-state index contributed by atoms with van der Waals surface area (Å²) in [6.07, 6.45) is 1.28. The topological polar surface area (TPSA) is 3.24 Å². The largest absolute Gasteiger partial charge is 0.303 e. The molecule has 0 N–H and O–H groups in total. The summed E-state index contributed by atoms with van der Waals surface area (Å²) in [5.74, 6) is 1.73. The lowest BCUT2D eigenvalue weighted by molar-refractivity contribution is 0.168. The van der Waals surface area contributed by atoms with Gasteiger partial charge in [0.1, 0.15) is 0 Å². The Kier molecular flexibility index (Phi) is 6.15. The maximum atomic E-state index is 4.39. The molecule has 86 valence electrons. The van der Waals surface area contributed by atoms with Crippen molar-refractivity contribution in [3.8, 4) is 0 Å². The van der Waals surface area contributed by atoms with Crippen LogP contribution in [0.1, 0.15) is 41.0 Å². The smallest absolute Gasteiger partial charge is 0.00665 e. The molecule has 0 fully saturated rings. The maximum absolute atomic E-state index is 4.39. The van der Waals surface area contributed by atoms with Crippen molar-refractivity contribution in [2.75, 3.05) is 19.3 Å². The number of hydrogen-bond acceptors (Lipinski definition) is 2. The van der Waals surface area contributed by atoms with Gasteiger partial charge in [-0.15, -0.1) is 0 Å². The van der Waals surface area contributed by atoms with E-state index in [1.807, 2.05) is 0 Å². The molecule has 0 aliphatic rings. The van der Waals surface area contributed by atoms with Crippen molar-refractivity contribution >= 4 is 12.6 Å². The summed E-state index contributed by atoms with van der Waals surface area (Å²) in [6, 6.07) is 0.675. The molecule has 1 atom stereocenters. The molecule has 0 rings (SSSR count). The van der Waals surface area contributed by atoms with Crippen LogP contribution in [-0.2, 0) is 0 Å². The molecule has 0 aromatic rings. The monoisotopic (exact) mass is 217 g/mol. The Morgan fingerprint density at radius 1 is 1.21 bits per heavy atom. The zero-order valence-electron chi connectivity index (χ0n) is 10.7. The number of rotatable bonds is 6. The standard InChI is InChI=1S/C12H27NS/c1-10(2)7-11(3)13(6)8-12(4,5)9-14/h10-11,14H,7-9H2,1-6H3. The highest BCUT2D eigenvalue weighted by atomic mass is 32.1. The van der Waals surface area contributed by atoms with E-state index in [1.165, 1.54) is 6.42 Å². The summed E-state index contributed by atoms with van der Waals surface area (Å²) < 4.78 is 0. The Morgan fingerprint density at radius 3 is 2.07 bits per heavy atom. The quantitative estimate of drug-likeness (QED) is 0.668. The SMILES string of the molecule is CC(C)CC(C)N(C)CC(C)(C)CS. The van der Waals surface area contributed by atoms with Crippen LogP contribution in [0.5, 0.6) is 0 Å². The molecular weight excluding hydrogens is 190 g/mol. The van der Waals surface area contributed by atoms with Gasteiger partial charge in [0.05, 0.1) is 0 Å². The van der Waals surface area contributed by atoms with E-state index >= 15 is 0 Å². The van der Waals surface area contributed by atoms with Crippen molar-refractivity contribution in [2.45, 2.75) is 47.1 Å². The second-order valence-electron chi connectivity index (χ2n) is 5.72. The van der Waals surface area contributed by atoms with Crippen molar-refractivity contribution in [2.24, 2.45) is 11.3 Å². The average molecular weight is 217 g/mol. The van der Waals surface area contributed by atoms with Crippen LogP contribution < -0.4 is 0 Å². The molecular formula is C12H27NS. The minimum absolute atomic E-state index is 0.323. The fraction of sp³-hybridized carbons (Fsp3) is 1.00. The molecule has 0 saturated heterocycles. The molecule has 1 nitrogen and oxygen atoms in total. The van der Waals surface area contributed by atoms with Gasteiger partial charge in [0.25, 0.3) is 0 Å². The summed E-state index contributed by atoms with van der Waals surface area (Å²) >= 11 is 4.39. The fourth-order valence-electron chi connectivity index (χ4n) is 1.74. The Bertz CT molecular complexity index is 154. The van der Waals surface area contributed by atoms with Crippen LogP contribution in [0, 0.1) is 11.3 Å². The van der Waals surface area contributed by atoms with Crippen molar-refractivity contribution < 1.29 is 0 Å². The van der Waals surface area contributed by atoms with Gasteiger partial charge in [0, 0.05) is 12.6 Å². The van der Waals surface area contributed by atoms with Gasteiger partial charge in [-0.05, 0) is 37.5 Å². The molecule has 0 amide bonds. The van der Waals surface area contributed by atoms with E-state index in [1.54, 1.807) is 0 Å². The molecule has 0 aliphatic heterocycles. The molecule has 0 radical (unpaired) electrons. The van der Waals surface area contributed by atoms with Crippen LogP contribution in [0.25, 0.3) is 0 Å². The molecule has 0 saturated carbocycles. The molecule has 2 heteroatoms. The van der Waals surface area contributed by atoms with Crippen LogP contribution in [0.2, 0.25) is 0 Å². The Balaban J connectivity index is 4.00. The fourth-order valence-corrected chi connectivity index (χ4v) is 1.84. The average Bonchev–Trinajstić information content (AvgIpc) is 2.02. The van der Waals surface area contributed by atoms with Gasteiger partial charge >= 0.3 is 0 Å². The van der Waals surface area contributed by atoms with Crippen molar-refractivity contribution in [3.05, 3.63) is 0 Å². The van der Waals surface area contributed by atoms with E-state index in [0.29, 0.717) is 11.5 Å². The van der Waals surface area contributed by atoms with Gasteiger partial charge in [-0.25, -0.2) is 0 Å². The molecule has 0 heterocycles. The van der Waals surface area contributed by atoms with Crippen LogP contribution in [0.15, 0.2) is 0 Å². The highest BCUT2D eigenvalue weighted by Crippen LogP contribution is 2.20. The lowest BCUT2D eigenvalue weighted by atomic mass is 9.94. The Morgan fingerprint density at radius 2 is 1.71 bits per heavy atom. The molecule has 0 aliphatic carbocycles. The minimum Gasteiger partial charge on any atom is -0.303 e. The van der Waals surface area contributed by atoms with Gasteiger partial charge < -0.3 is 4.90 Å². The Hall–Kier alpha value is 0.310. The minimum atomic E-state index is 0.323. The predicted molar refractivity (Wildman–Crippen MR) is 69.2 cm³/mol. The van der Waals surface area contributed by atoms with E-state index in [9.17, 15) is 0 Å². The van der Waals surface area contributed by atoms with Crippen molar-refractivity contribution in [1.29, 1.82) is 0 Å². The lowest BCUT2D eigenvalue weighted by Gasteiger charge is -2.33. The van der Waals surface area contributed by atoms with Gasteiger partial charge in [0.15, 0.2) is 0 Å². The molecule has 0 aromatic heterocycles. The number of hydrogen-bond donors (Lipinski definition) is 1. The zero-order chi connectivity index (χ0) is 11.4. The third-order valence-corrected chi connectivity index (χ3v) is 3.53. The summed E-state index contributed by atoms with van der Waals surface area (Å²) in [7, 11) is 2.22. The van der Waals surface area contributed by atoms with E-state index in [-0.39, 0.29) is 0 Å². The second-order valence-corrected chi connectivity index (χ2v) is 6.03. The van der Waals surface area contributed by atoms with Crippen molar-refractivity contribution in [1.82, 2.24) is 4.90 Å². The highest BCUT2D eigenvalue weighted by molar-refractivity contribution is 7.80. The first-order valence-corrected chi connectivity index (χ1v) is 6.23. The summed E-state index contributed by atoms with van der Waals surface area (Å²) in [4.78, 5) is 2.45. The molecule has 14 heavy (non-hydrogen) atoms. The molecule has 1 unspecified atom stereocenters. The second kappa shape index (κ2) is 6.02. The van der Waals surface area contributed by atoms with Gasteiger partial charge in [-0.1, -0.05) is 27.7 Å². The third-order valence-electron chi connectivity index (χ3n) is 2.67. The van der Waals surface area contributed by atoms with E-state index < -0.39 is 0 Å². The summed E-state index contributed by atoms with van der Waals surface area (Å²) in [5, 5.41) is 0. The lowest BCUT2D eigenvalue weighted by Crippen LogP contribution is -2.38. The first-order valence-electron chi connectivity index (χ1n) is 5.59. The van der Waals surface area contributed by atoms with Gasteiger partial charge in [0.2, 0.25) is 0 Å². The number of nitrogens with zero attached hydrogens (tertiary/aromatic N) is 1. The first kappa shape index (κ1) is 14.3. The first-order chi connectivity index (χ1) is 6.28. The van der Waals surface area contributed by atoms with Crippen LogP contribution in [-0.4, -0.2) is 30.3 Å². The van der Waals surface area contributed by atoms with E-state index in [2.05, 4.69) is 59.2 Å². The predicted octanol–water partition coefficient (Wildman–Crippen LogP) is 3.31. The third kappa shape index (κ3) is 5.92. The maximum Gasteiger partial charge on any atom is 0.00665 e.